The zero-order valence-corrected chi connectivity index (χ0v) is 31.1. The Morgan fingerprint density at radius 1 is 0.860 bits per heavy atom. The lowest BCUT2D eigenvalue weighted by Gasteiger charge is -2.50. The number of anilines is 2. The summed E-state index contributed by atoms with van der Waals surface area (Å²) in [5.41, 5.74) is 1.02. The van der Waals surface area contributed by atoms with Gasteiger partial charge in [0.1, 0.15) is 0 Å². The minimum absolute atomic E-state index is 0.144. The number of hydrogen-bond acceptors (Lipinski definition) is 6. The summed E-state index contributed by atoms with van der Waals surface area (Å²) < 4.78 is 7.15. The molecule has 4 aromatic rings. The molecule has 4 amide bonds. The minimum Gasteiger partial charge on any atom is -0.504 e. The second kappa shape index (κ2) is 12.3. The van der Waals surface area contributed by atoms with Gasteiger partial charge in [0.25, 0.3) is 0 Å². The average Bonchev–Trinajstić information content (AvgIpc) is 3.50. The van der Waals surface area contributed by atoms with E-state index in [1.165, 1.54) is 16.9 Å². The summed E-state index contributed by atoms with van der Waals surface area (Å²) in [6.07, 6.45) is 2.37. The standard InChI is InChI=1S/C39H29BrClIN2O6/c1-50-31-17-21(40)16-29(34(31)45)33-26-14-15-27-32(37(48)43(35(27)46)24-12-10-23(42)11-13-24)28(26)19-30-36(47)44(25-9-5-8-22(41)18-25)38(49)39(30,33)20-6-3-2-4-7-20/h2-14,16-18,27-28,30,32-33,45H,15,19H2,1H3. The maximum atomic E-state index is 15.4. The van der Waals surface area contributed by atoms with Crippen LogP contribution in [0.3, 0.4) is 0 Å². The molecule has 2 heterocycles. The van der Waals surface area contributed by atoms with Crippen molar-refractivity contribution in [2.45, 2.75) is 24.2 Å². The highest BCUT2D eigenvalue weighted by molar-refractivity contribution is 14.1. The van der Waals surface area contributed by atoms with Crippen LogP contribution in [0.25, 0.3) is 0 Å². The van der Waals surface area contributed by atoms with Crippen LogP contribution in [-0.2, 0) is 24.6 Å². The van der Waals surface area contributed by atoms with Gasteiger partial charge in [0.15, 0.2) is 11.5 Å². The van der Waals surface area contributed by atoms with E-state index in [1.807, 2.05) is 48.5 Å². The van der Waals surface area contributed by atoms with E-state index in [0.717, 1.165) is 9.14 Å². The molecule has 3 fully saturated rings. The van der Waals surface area contributed by atoms with Gasteiger partial charge in [0.05, 0.1) is 41.7 Å². The summed E-state index contributed by atoms with van der Waals surface area (Å²) >= 11 is 12.2. The number of phenolic OH excluding ortho intramolecular Hbond substituents is 1. The number of rotatable bonds is 5. The molecule has 4 aliphatic rings. The number of nitrogens with zero attached hydrogens (tertiary/aromatic N) is 2. The number of halogens is 3. The van der Waals surface area contributed by atoms with Crippen LogP contribution < -0.4 is 14.5 Å². The highest BCUT2D eigenvalue weighted by Crippen LogP contribution is 2.66. The summed E-state index contributed by atoms with van der Waals surface area (Å²) in [5, 5.41) is 12.2. The number of fused-ring (bicyclic) bond motifs is 4. The fourth-order valence-electron chi connectivity index (χ4n) is 8.90. The predicted molar refractivity (Wildman–Crippen MR) is 200 cm³/mol. The molecule has 6 unspecified atom stereocenters. The smallest absolute Gasteiger partial charge is 0.246 e. The maximum absolute atomic E-state index is 15.4. The third-order valence-corrected chi connectivity index (χ3v) is 12.3. The third-order valence-electron chi connectivity index (χ3n) is 10.9. The molecular weight excluding hydrogens is 835 g/mol. The molecule has 0 radical (unpaired) electrons. The molecular formula is C39H29BrClIN2O6. The van der Waals surface area contributed by atoms with Crippen molar-refractivity contribution in [1.82, 2.24) is 0 Å². The number of amides is 4. The summed E-state index contributed by atoms with van der Waals surface area (Å²) in [5.74, 6) is -5.33. The molecule has 1 saturated carbocycles. The molecule has 50 heavy (non-hydrogen) atoms. The summed E-state index contributed by atoms with van der Waals surface area (Å²) in [4.78, 5) is 61.3. The van der Waals surface area contributed by atoms with Gasteiger partial charge in [-0.25, -0.2) is 4.90 Å². The largest absolute Gasteiger partial charge is 0.504 e. The van der Waals surface area contributed by atoms with Crippen LogP contribution in [0.5, 0.6) is 11.5 Å². The van der Waals surface area contributed by atoms with Crippen molar-refractivity contribution in [3.63, 3.8) is 0 Å². The summed E-state index contributed by atoms with van der Waals surface area (Å²) in [6, 6.07) is 26.4. The lowest BCUT2D eigenvalue weighted by atomic mass is 9.49. The minimum atomic E-state index is -1.53. The molecule has 252 valence electrons. The van der Waals surface area contributed by atoms with Crippen LogP contribution in [0, 0.1) is 27.2 Å². The summed E-state index contributed by atoms with van der Waals surface area (Å²) in [7, 11) is 1.45. The van der Waals surface area contributed by atoms with Gasteiger partial charge in [-0.3, -0.25) is 24.1 Å². The Bertz CT molecular complexity index is 2140. The Morgan fingerprint density at radius 3 is 2.30 bits per heavy atom. The molecule has 2 aliphatic heterocycles. The van der Waals surface area contributed by atoms with Crippen molar-refractivity contribution >= 4 is 85.1 Å². The third kappa shape index (κ3) is 4.74. The molecule has 6 atom stereocenters. The molecule has 0 bridgehead atoms. The first-order valence-electron chi connectivity index (χ1n) is 16.2. The van der Waals surface area contributed by atoms with E-state index in [9.17, 15) is 19.5 Å². The van der Waals surface area contributed by atoms with E-state index in [2.05, 4.69) is 38.5 Å². The van der Waals surface area contributed by atoms with Crippen LogP contribution in [0.1, 0.15) is 29.9 Å². The molecule has 4 aromatic carbocycles. The summed E-state index contributed by atoms with van der Waals surface area (Å²) in [6.45, 7) is 0. The van der Waals surface area contributed by atoms with E-state index in [-0.39, 0.29) is 36.2 Å². The van der Waals surface area contributed by atoms with Gasteiger partial charge < -0.3 is 9.84 Å². The van der Waals surface area contributed by atoms with Crippen molar-refractivity contribution < 1.29 is 29.0 Å². The van der Waals surface area contributed by atoms with Crippen LogP contribution in [0.15, 0.2) is 107 Å². The quantitative estimate of drug-likeness (QED) is 0.125. The molecule has 0 spiro atoms. The molecule has 0 aromatic heterocycles. The SMILES string of the molecule is COc1cc(Br)cc(C2C3=CCC4C(=O)N(c5ccc(I)cc5)C(=O)C4C3CC3C(=O)N(c4cccc(Cl)c4)C(=O)C32c2ccccc2)c1O. The van der Waals surface area contributed by atoms with Gasteiger partial charge in [0, 0.05) is 24.5 Å². The van der Waals surface area contributed by atoms with Crippen LogP contribution in [-0.4, -0.2) is 35.8 Å². The van der Waals surface area contributed by atoms with Crippen molar-refractivity contribution in [3.05, 3.63) is 127 Å². The van der Waals surface area contributed by atoms with E-state index in [4.69, 9.17) is 16.3 Å². The van der Waals surface area contributed by atoms with Crippen LogP contribution in [0.2, 0.25) is 5.02 Å². The van der Waals surface area contributed by atoms with Gasteiger partial charge >= 0.3 is 0 Å². The number of benzene rings is 4. The molecule has 1 N–H and O–H groups in total. The Labute approximate surface area is 315 Å². The van der Waals surface area contributed by atoms with Gasteiger partial charge in [-0.15, -0.1) is 0 Å². The number of hydrogen-bond donors (Lipinski definition) is 1. The van der Waals surface area contributed by atoms with Crippen molar-refractivity contribution in [3.8, 4) is 11.5 Å². The van der Waals surface area contributed by atoms with E-state index in [0.29, 0.717) is 32.0 Å². The average molecular weight is 864 g/mol. The predicted octanol–water partition coefficient (Wildman–Crippen LogP) is 7.79. The Morgan fingerprint density at radius 2 is 1.60 bits per heavy atom. The Balaban J connectivity index is 1.38. The highest BCUT2D eigenvalue weighted by Gasteiger charge is 2.70. The first kappa shape index (κ1) is 33.2. The number of carbonyl (C=O) groups excluding carboxylic acids is 4. The van der Waals surface area contributed by atoms with Gasteiger partial charge in [-0.2, -0.15) is 0 Å². The maximum Gasteiger partial charge on any atom is 0.246 e. The fraction of sp³-hybridized carbons (Fsp3) is 0.231. The molecule has 2 aliphatic carbocycles. The van der Waals surface area contributed by atoms with Crippen LogP contribution in [0.4, 0.5) is 11.4 Å². The second-order valence-corrected chi connectivity index (χ2v) is 15.7. The Kier molecular flexibility index (Phi) is 8.19. The number of carbonyl (C=O) groups is 4. The molecule has 11 heteroatoms. The first-order chi connectivity index (χ1) is 24.1. The normalized spacial score (nSPS) is 27.2. The number of methoxy groups -OCH3 is 1. The molecule has 8 nitrogen and oxygen atoms in total. The number of imide groups is 2. The first-order valence-corrected chi connectivity index (χ1v) is 18.4. The highest BCUT2D eigenvalue weighted by atomic mass is 127. The zero-order chi connectivity index (χ0) is 35.1. The topological polar surface area (TPSA) is 104 Å². The van der Waals surface area contributed by atoms with Gasteiger partial charge in [-0.05, 0) is 102 Å². The number of ether oxygens (including phenoxy) is 1. The van der Waals surface area contributed by atoms with Crippen molar-refractivity contribution in [2.24, 2.45) is 23.7 Å². The fourth-order valence-corrected chi connectivity index (χ4v) is 9.90. The number of phenols is 1. The molecule has 8 rings (SSSR count). The van der Waals surface area contributed by atoms with Crippen molar-refractivity contribution in [2.75, 3.05) is 16.9 Å². The Hall–Kier alpha value is -4.00. The lowest BCUT2D eigenvalue weighted by Crippen LogP contribution is -2.53. The number of aromatic hydroxyl groups is 1. The van der Waals surface area contributed by atoms with E-state index < -0.39 is 46.8 Å². The lowest BCUT2D eigenvalue weighted by molar-refractivity contribution is -0.127. The monoisotopic (exact) mass is 862 g/mol. The van der Waals surface area contributed by atoms with E-state index >= 15 is 4.79 Å². The van der Waals surface area contributed by atoms with Gasteiger partial charge in [0.2, 0.25) is 23.6 Å². The second-order valence-electron chi connectivity index (χ2n) is 13.1. The number of allylic oxidation sites excluding steroid dienone is 2. The van der Waals surface area contributed by atoms with Crippen molar-refractivity contribution in [1.29, 1.82) is 0 Å². The zero-order valence-electron chi connectivity index (χ0n) is 26.6. The van der Waals surface area contributed by atoms with E-state index in [1.54, 1.807) is 48.5 Å². The molecule has 2 saturated heterocycles. The van der Waals surface area contributed by atoms with Crippen LogP contribution >= 0.6 is 50.1 Å². The van der Waals surface area contributed by atoms with Gasteiger partial charge in [-0.1, -0.05) is 75.6 Å².